The first-order valence-corrected chi connectivity index (χ1v) is 5.01. The number of carbonyl (C=O) groups is 2. The Morgan fingerprint density at radius 2 is 1.68 bits per heavy atom. The van der Waals surface area contributed by atoms with E-state index >= 15 is 0 Å². The summed E-state index contributed by atoms with van der Waals surface area (Å²) < 4.78 is 35.9. The molecule has 0 atom stereocenters. The molecular weight excluding hydrogens is 260 g/mol. The van der Waals surface area contributed by atoms with Gasteiger partial charge in [0.2, 0.25) is 0 Å². The molecule has 0 fully saturated rings. The zero-order valence-electron chi connectivity index (χ0n) is 10.1. The molecule has 0 aliphatic heterocycles. The maximum atomic E-state index is 13.7. The van der Waals surface area contributed by atoms with Gasteiger partial charge < -0.3 is 9.47 Å². The van der Waals surface area contributed by atoms with Crippen LogP contribution in [0.15, 0.2) is 12.1 Å². The molecule has 0 saturated heterocycles. The van der Waals surface area contributed by atoms with Crippen molar-refractivity contribution >= 4 is 11.9 Å². The highest BCUT2D eigenvalue weighted by atomic mass is 19.1. The maximum absolute atomic E-state index is 13.7. The number of esters is 2. The summed E-state index contributed by atoms with van der Waals surface area (Å²) in [5, 5.41) is 8.54. The van der Waals surface area contributed by atoms with Crippen molar-refractivity contribution in [3.05, 3.63) is 34.9 Å². The van der Waals surface area contributed by atoms with Crippen LogP contribution in [0.2, 0.25) is 0 Å². The van der Waals surface area contributed by atoms with Gasteiger partial charge in [-0.1, -0.05) is 0 Å². The van der Waals surface area contributed by atoms with Crippen LogP contribution in [0.3, 0.4) is 0 Å². The lowest BCUT2D eigenvalue weighted by atomic mass is 9.97. The third-order valence-electron chi connectivity index (χ3n) is 2.39. The fraction of sp³-hybridized carbons (Fsp3) is 0.250. The number of benzene rings is 1. The molecule has 1 aromatic rings. The van der Waals surface area contributed by atoms with Gasteiger partial charge in [0, 0.05) is 5.56 Å². The standard InChI is InChI=1S/C12H9F2NO4/c1-18-11(16)10(12(17)19-2)7-4-8(13)6(5-15)3-9(7)14/h3-4,10H,1-2H3. The third-order valence-corrected chi connectivity index (χ3v) is 2.39. The van der Waals surface area contributed by atoms with Gasteiger partial charge in [-0.3, -0.25) is 9.59 Å². The van der Waals surface area contributed by atoms with E-state index in [4.69, 9.17) is 5.26 Å². The van der Waals surface area contributed by atoms with Crippen molar-refractivity contribution < 1.29 is 27.8 Å². The van der Waals surface area contributed by atoms with Crippen LogP contribution in [0.4, 0.5) is 8.78 Å². The highest BCUT2D eigenvalue weighted by Crippen LogP contribution is 2.25. The SMILES string of the molecule is COC(=O)C(C(=O)OC)c1cc(F)c(C#N)cc1F. The number of rotatable bonds is 3. The van der Waals surface area contributed by atoms with E-state index in [1.165, 1.54) is 6.07 Å². The van der Waals surface area contributed by atoms with E-state index in [2.05, 4.69) is 9.47 Å². The molecule has 1 rings (SSSR count). The Bertz CT molecular complexity index is 550. The number of nitriles is 1. The highest BCUT2D eigenvalue weighted by Gasteiger charge is 2.33. The van der Waals surface area contributed by atoms with Crippen LogP contribution < -0.4 is 0 Å². The number of methoxy groups -OCH3 is 2. The quantitative estimate of drug-likeness (QED) is 0.610. The van der Waals surface area contributed by atoms with E-state index < -0.39 is 40.6 Å². The molecule has 100 valence electrons. The third kappa shape index (κ3) is 2.85. The summed E-state index contributed by atoms with van der Waals surface area (Å²) >= 11 is 0. The predicted octanol–water partition coefficient (Wildman–Crippen LogP) is 1.27. The lowest BCUT2D eigenvalue weighted by Crippen LogP contribution is -2.25. The Balaban J connectivity index is 3.40. The van der Waals surface area contributed by atoms with E-state index in [1.54, 1.807) is 0 Å². The largest absolute Gasteiger partial charge is 0.468 e. The number of halogens is 2. The molecule has 0 heterocycles. The van der Waals surface area contributed by atoms with Gasteiger partial charge in [0.05, 0.1) is 19.8 Å². The Morgan fingerprint density at radius 1 is 1.16 bits per heavy atom. The molecule has 0 aromatic heterocycles. The minimum Gasteiger partial charge on any atom is -0.468 e. The molecule has 19 heavy (non-hydrogen) atoms. The number of hydrogen-bond acceptors (Lipinski definition) is 5. The van der Waals surface area contributed by atoms with Crippen LogP contribution in [0.25, 0.3) is 0 Å². The van der Waals surface area contributed by atoms with Crippen LogP contribution >= 0.6 is 0 Å². The minimum absolute atomic E-state index is 0.533. The first-order chi connectivity index (χ1) is 8.96. The molecule has 0 saturated carbocycles. The van der Waals surface area contributed by atoms with Gasteiger partial charge in [-0.05, 0) is 12.1 Å². The number of carbonyl (C=O) groups excluding carboxylic acids is 2. The van der Waals surface area contributed by atoms with Gasteiger partial charge in [0.25, 0.3) is 0 Å². The molecule has 1 aromatic carbocycles. The molecular formula is C12H9F2NO4. The zero-order chi connectivity index (χ0) is 14.6. The Labute approximate surface area is 107 Å². The van der Waals surface area contributed by atoms with Crippen LogP contribution in [0, 0.1) is 23.0 Å². The van der Waals surface area contributed by atoms with E-state index in [0.29, 0.717) is 12.1 Å². The van der Waals surface area contributed by atoms with Crippen molar-refractivity contribution in [3.8, 4) is 6.07 Å². The fourth-order valence-corrected chi connectivity index (χ4v) is 1.45. The van der Waals surface area contributed by atoms with Gasteiger partial charge in [0.1, 0.15) is 17.7 Å². The minimum atomic E-state index is -1.74. The van der Waals surface area contributed by atoms with Crippen molar-refractivity contribution in [1.29, 1.82) is 5.26 Å². The van der Waals surface area contributed by atoms with Crippen molar-refractivity contribution in [2.24, 2.45) is 0 Å². The van der Waals surface area contributed by atoms with Gasteiger partial charge in [-0.15, -0.1) is 0 Å². The molecule has 7 heteroatoms. The first-order valence-electron chi connectivity index (χ1n) is 5.01. The second-order valence-electron chi connectivity index (χ2n) is 3.44. The summed E-state index contributed by atoms with van der Waals surface area (Å²) in [5.41, 5.74) is -1.08. The molecule has 0 unspecified atom stereocenters. The molecule has 0 N–H and O–H groups in total. The second-order valence-corrected chi connectivity index (χ2v) is 3.44. The number of nitrogens with zero attached hydrogens (tertiary/aromatic N) is 1. The molecule has 5 nitrogen and oxygen atoms in total. The van der Waals surface area contributed by atoms with Gasteiger partial charge in [-0.2, -0.15) is 5.26 Å². The fourth-order valence-electron chi connectivity index (χ4n) is 1.45. The van der Waals surface area contributed by atoms with E-state index in [-0.39, 0.29) is 0 Å². The number of hydrogen-bond donors (Lipinski definition) is 0. The average Bonchev–Trinajstić information content (AvgIpc) is 2.41. The highest BCUT2D eigenvalue weighted by molar-refractivity contribution is 6.00. The summed E-state index contributed by atoms with van der Waals surface area (Å²) in [6.45, 7) is 0. The molecule has 0 aliphatic rings. The van der Waals surface area contributed by atoms with Crippen LogP contribution in [0.1, 0.15) is 17.0 Å². The maximum Gasteiger partial charge on any atom is 0.324 e. The summed E-state index contributed by atoms with van der Waals surface area (Å²) in [6.07, 6.45) is 0. The zero-order valence-corrected chi connectivity index (χ0v) is 10.1. The Morgan fingerprint density at radius 3 is 2.11 bits per heavy atom. The van der Waals surface area contributed by atoms with Crippen molar-refractivity contribution in [2.75, 3.05) is 14.2 Å². The van der Waals surface area contributed by atoms with Crippen molar-refractivity contribution in [3.63, 3.8) is 0 Å². The van der Waals surface area contributed by atoms with Crippen LogP contribution in [0.5, 0.6) is 0 Å². The first kappa shape index (κ1) is 14.6. The van der Waals surface area contributed by atoms with Gasteiger partial charge >= 0.3 is 11.9 Å². The van der Waals surface area contributed by atoms with Crippen LogP contribution in [-0.4, -0.2) is 26.2 Å². The topological polar surface area (TPSA) is 76.4 Å². The summed E-state index contributed by atoms with van der Waals surface area (Å²) in [4.78, 5) is 22.9. The molecule has 0 amide bonds. The van der Waals surface area contributed by atoms with Crippen molar-refractivity contribution in [2.45, 2.75) is 5.92 Å². The van der Waals surface area contributed by atoms with Gasteiger partial charge in [0.15, 0.2) is 5.92 Å². The van der Waals surface area contributed by atoms with Gasteiger partial charge in [-0.25, -0.2) is 8.78 Å². The predicted molar refractivity (Wildman–Crippen MR) is 57.8 cm³/mol. The molecule has 0 spiro atoms. The normalized spacial score (nSPS) is 9.89. The van der Waals surface area contributed by atoms with E-state index in [9.17, 15) is 18.4 Å². The smallest absolute Gasteiger partial charge is 0.324 e. The molecule has 0 bridgehead atoms. The van der Waals surface area contributed by atoms with Crippen molar-refractivity contribution in [1.82, 2.24) is 0 Å². The Kier molecular flexibility index (Phi) is 4.53. The lowest BCUT2D eigenvalue weighted by molar-refractivity contribution is -0.154. The van der Waals surface area contributed by atoms with Crippen LogP contribution in [-0.2, 0) is 19.1 Å². The Hall–Kier alpha value is -2.49. The lowest BCUT2D eigenvalue weighted by Gasteiger charge is -2.13. The second kappa shape index (κ2) is 5.91. The van der Waals surface area contributed by atoms with E-state index in [1.807, 2.05) is 0 Å². The molecule has 0 radical (unpaired) electrons. The molecule has 0 aliphatic carbocycles. The average molecular weight is 269 g/mol. The summed E-state index contributed by atoms with van der Waals surface area (Å²) in [6, 6.07) is 2.65. The summed E-state index contributed by atoms with van der Waals surface area (Å²) in [5.74, 6) is -6.03. The number of ether oxygens (including phenoxy) is 2. The van der Waals surface area contributed by atoms with E-state index in [0.717, 1.165) is 14.2 Å². The summed E-state index contributed by atoms with van der Waals surface area (Å²) in [7, 11) is 1.99. The monoisotopic (exact) mass is 269 g/mol.